The van der Waals surface area contributed by atoms with E-state index in [4.69, 9.17) is 14.7 Å². The maximum atomic E-state index is 13.4. The fourth-order valence-corrected chi connectivity index (χ4v) is 5.45. The first kappa shape index (κ1) is 26.8. The third-order valence-corrected chi connectivity index (χ3v) is 7.70. The average Bonchev–Trinajstić information content (AvgIpc) is 2.92. The number of non-ortho nitro benzene ring substituents is 1. The minimum Gasteiger partial charge on any atom is -0.463 e. The monoisotopic (exact) mass is 536 g/mol. The molecule has 0 bridgehead atoms. The maximum absolute atomic E-state index is 13.4. The highest BCUT2D eigenvalue weighted by Gasteiger charge is 2.39. The Morgan fingerprint density at radius 1 is 1.05 bits per heavy atom. The number of nitrogens with zero attached hydrogens (tertiary/aromatic N) is 7. The van der Waals surface area contributed by atoms with Gasteiger partial charge in [0.15, 0.2) is 0 Å². The van der Waals surface area contributed by atoms with Crippen molar-refractivity contribution in [3.05, 3.63) is 56.8 Å². The molecular weight excluding hydrogens is 500 g/mol. The van der Waals surface area contributed by atoms with E-state index in [0.717, 1.165) is 63.7 Å². The SMILES string of the molecule is CCOC(=O)C1=C(C)Nc2nc(N3CCN(C)CC3)nc(N3CCN(C)CC3)c2C1c1cccc([N+](=O)[O-])c1. The Hall–Kier alpha value is -3.77. The number of nitro groups is 1. The summed E-state index contributed by atoms with van der Waals surface area (Å²) in [6.45, 7) is 10.5. The van der Waals surface area contributed by atoms with E-state index >= 15 is 0 Å². The van der Waals surface area contributed by atoms with Crippen molar-refractivity contribution >= 4 is 29.2 Å². The van der Waals surface area contributed by atoms with Crippen LogP contribution in [-0.4, -0.2) is 104 Å². The molecule has 2 saturated heterocycles. The summed E-state index contributed by atoms with van der Waals surface area (Å²) >= 11 is 0. The molecule has 1 aromatic carbocycles. The molecule has 12 heteroatoms. The number of allylic oxidation sites excluding steroid dienone is 1. The molecule has 3 aliphatic heterocycles. The molecular formula is C27H36N8O4. The van der Waals surface area contributed by atoms with Crippen LogP contribution in [0.15, 0.2) is 35.5 Å². The first-order valence-corrected chi connectivity index (χ1v) is 13.4. The molecule has 1 atom stereocenters. The average molecular weight is 537 g/mol. The number of nitrogens with one attached hydrogen (secondary N) is 1. The lowest BCUT2D eigenvalue weighted by atomic mass is 9.81. The first-order valence-electron chi connectivity index (χ1n) is 13.4. The number of hydrogen-bond acceptors (Lipinski definition) is 11. The number of carbonyl (C=O) groups excluding carboxylic acids is 1. The fourth-order valence-electron chi connectivity index (χ4n) is 5.45. The second kappa shape index (κ2) is 11.1. The van der Waals surface area contributed by atoms with E-state index in [-0.39, 0.29) is 12.3 Å². The van der Waals surface area contributed by atoms with E-state index in [1.165, 1.54) is 12.1 Å². The molecule has 208 valence electrons. The molecule has 5 rings (SSSR count). The van der Waals surface area contributed by atoms with Crippen molar-refractivity contribution in [3.63, 3.8) is 0 Å². The van der Waals surface area contributed by atoms with Crippen molar-refractivity contribution in [2.45, 2.75) is 19.8 Å². The van der Waals surface area contributed by atoms with Gasteiger partial charge in [-0.25, -0.2) is 4.79 Å². The normalized spacial score (nSPS) is 20.5. The number of aromatic nitrogens is 2. The fraction of sp³-hybridized carbons (Fsp3) is 0.519. The first-order chi connectivity index (χ1) is 18.8. The van der Waals surface area contributed by atoms with Gasteiger partial charge in [0, 0.05) is 75.8 Å². The summed E-state index contributed by atoms with van der Waals surface area (Å²) in [5.41, 5.74) is 2.36. The quantitative estimate of drug-likeness (QED) is 0.333. The molecule has 1 N–H and O–H groups in total. The predicted molar refractivity (Wildman–Crippen MR) is 149 cm³/mol. The number of likely N-dealkylation sites (N-methyl/N-ethyl adjacent to an activating group) is 2. The van der Waals surface area contributed by atoms with Crippen molar-refractivity contribution in [3.8, 4) is 0 Å². The molecule has 0 amide bonds. The molecule has 0 spiro atoms. The molecule has 0 radical (unpaired) electrons. The van der Waals surface area contributed by atoms with Crippen LogP contribution in [0.4, 0.5) is 23.3 Å². The van der Waals surface area contributed by atoms with E-state index < -0.39 is 16.8 Å². The van der Waals surface area contributed by atoms with Gasteiger partial charge in [0.1, 0.15) is 11.6 Å². The lowest BCUT2D eigenvalue weighted by Gasteiger charge is -2.39. The van der Waals surface area contributed by atoms with Gasteiger partial charge in [-0.2, -0.15) is 9.97 Å². The van der Waals surface area contributed by atoms with Crippen molar-refractivity contribution < 1.29 is 14.5 Å². The van der Waals surface area contributed by atoms with Gasteiger partial charge in [0.2, 0.25) is 5.95 Å². The third kappa shape index (κ3) is 5.39. The Morgan fingerprint density at radius 3 is 2.31 bits per heavy atom. The molecule has 1 aromatic heterocycles. The second-order valence-electron chi connectivity index (χ2n) is 10.4. The number of carbonyl (C=O) groups is 1. The van der Waals surface area contributed by atoms with Crippen LogP contribution in [-0.2, 0) is 9.53 Å². The smallest absolute Gasteiger partial charge is 0.336 e. The highest BCUT2D eigenvalue weighted by Crippen LogP contribution is 2.46. The summed E-state index contributed by atoms with van der Waals surface area (Å²) < 4.78 is 5.48. The van der Waals surface area contributed by atoms with Crippen molar-refractivity contribution in [2.75, 3.05) is 88.2 Å². The van der Waals surface area contributed by atoms with Crippen LogP contribution in [0.5, 0.6) is 0 Å². The molecule has 2 aromatic rings. The molecule has 2 fully saturated rings. The summed E-state index contributed by atoms with van der Waals surface area (Å²) in [6.07, 6.45) is 0. The zero-order valence-corrected chi connectivity index (χ0v) is 23.0. The number of ether oxygens (including phenoxy) is 1. The maximum Gasteiger partial charge on any atom is 0.336 e. The van der Waals surface area contributed by atoms with Crippen LogP contribution in [0.1, 0.15) is 30.9 Å². The summed E-state index contributed by atoms with van der Waals surface area (Å²) in [4.78, 5) is 43.8. The molecule has 0 saturated carbocycles. The van der Waals surface area contributed by atoms with E-state index in [2.05, 4.69) is 39.0 Å². The lowest BCUT2D eigenvalue weighted by Crippen LogP contribution is -2.47. The number of hydrogen-bond donors (Lipinski definition) is 1. The number of piperazine rings is 2. The van der Waals surface area contributed by atoms with E-state index in [9.17, 15) is 14.9 Å². The molecule has 12 nitrogen and oxygen atoms in total. The second-order valence-corrected chi connectivity index (χ2v) is 10.4. The van der Waals surface area contributed by atoms with Gasteiger partial charge < -0.3 is 29.7 Å². The molecule has 4 heterocycles. The van der Waals surface area contributed by atoms with Crippen LogP contribution in [0.3, 0.4) is 0 Å². The summed E-state index contributed by atoms with van der Waals surface area (Å²) in [7, 11) is 4.21. The number of anilines is 3. The molecule has 3 aliphatic rings. The minimum atomic E-state index is -0.628. The highest BCUT2D eigenvalue weighted by molar-refractivity contribution is 5.95. The van der Waals surface area contributed by atoms with E-state index in [1.54, 1.807) is 13.0 Å². The molecule has 39 heavy (non-hydrogen) atoms. The molecule has 1 unspecified atom stereocenters. The highest BCUT2D eigenvalue weighted by atomic mass is 16.6. The van der Waals surface area contributed by atoms with Gasteiger partial charge >= 0.3 is 5.97 Å². The lowest BCUT2D eigenvalue weighted by molar-refractivity contribution is -0.384. The summed E-state index contributed by atoms with van der Waals surface area (Å²) in [6, 6.07) is 6.47. The topological polar surface area (TPSA) is 120 Å². The Kier molecular flexibility index (Phi) is 7.67. The largest absolute Gasteiger partial charge is 0.463 e. The number of nitro benzene ring substituents is 1. The number of fused-ring (bicyclic) bond motifs is 1. The minimum absolute atomic E-state index is 0.0374. The number of rotatable bonds is 6. The van der Waals surface area contributed by atoms with Gasteiger partial charge in [-0.1, -0.05) is 12.1 Å². The number of esters is 1. The van der Waals surface area contributed by atoms with Crippen LogP contribution in [0.2, 0.25) is 0 Å². The van der Waals surface area contributed by atoms with Crippen LogP contribution in [0.25, 0.3) is 0 Å². The summed E-state index contributed by atoms with van der Waals surface area (Å²) in [5.74, 6) is 0.928. The zero-order valence-electron chi connectivity index (χ0n) is 23.0. The van der Waals surface area contributed by atoms with E-state index in [0.29, 0.717) is 28.6 Å². The van der Waals surface area contributed by atoms with Crippen molar-refractivity contribution in [1.29, 1.82) is 0 Å². The Balaban J connectivity index is 1.71. The van der Waals surface area contributed by atoms with Crippen LogP contribution >= 0.6 is 0 Å². The Bertz CT molecular complexity index is 1280. The summed E-state index contributed by atoms with van der Waals surface area (Å²) in [5, 5.41) is 15.1. The standard InChI is InChI=1S/C27H36N8O4/c1-5-39-26(36)21-18(2)28-24-23(22(21)19-7-6-8-20(17-19)35(37)38)25(33-13-9-31(3)10-14-33)30-27(29-24)34-15-11-32(4)12-16-34/h6-8,17,22H,5,9-16H2,1-4H3,(H,28,29,30). The molecule has 0 aliphatic carbocycles. The van der Waals surface area contributed by atoms with Gasteiger partial charge in [0.05, 0.1) is 23.0 Å². The van der Waals surface area contributed by atoms with Crippen molar-refractivity contribution in [1.82, 2.24) is 19.8 Å². The van der Waals surface area contributed by atoms with Gasteiger partial charge in [-0.05, 0) is 33.5 Å². The van der Waals surface area contributed by atoms with E-state index in [1.807, 2.05) is 13.0 Å². The Labute approximate surface area is 228 Å². The Morgan fingerprint density at radius 2 is 1.69 bits per heavy atom. The third-order valence-electron chi connectivity index (χ3n) is 7.70. The van der Waals surface area contributed by atoms with Gasteiger partial charge in [0.25, 0.3) is 5.69 Å². The van der Waals surface area contributed by atoms with Crippen LogP contribution in [0, 0.1) is 10.1 Å². The zero-order chi connectivity index (χ0) is 27.7. The van der Waals surface area contributed by atoms with Crippen molar-refractivity contribution in [2.24, 2.45) is 0 Å². The van der Waals surface area contributed by atoms with Gasteiger partial charge in [-0.15, -0.1) is 0 Å². The predicted octanol–water partition coefficient (Wildman–Crippen LogP) is 2.28. The number of benzene rings is 1. The van der Waals surface area contributed by atoms with Crippen LogP contribution < -0.4 is 15.1 Å². The van der Waals surface area contributed by atoms with Gasteiger partial charge in [-0.3, -0.25) is 10.1 Å².